The molecule has 1 heterocycles. The summed E-state index contributed by atoms with van der Waals surface area (Å²) >= 11 is 1.76. The normalized spacial score (nSPS) is 12.0. The Morgan fingerprint density at radius 2 is 1.88 bits per heavy atom. The minimum atomic E-state index is -0.586. The van der Waals surface area contributed by atoms with Gasteiger partial charge in [0.05, 0.1) is 6.26 Å². The van der Waals surface area contributed by atoms with Crippen molar-refractivity contribution in [3.05, 3.63) is 60.1 Å². The van der Waals surface area contributed by atoms with Gasteiger partial charge >= 0.3 is 0 Å². The third-order valence-corrected chi connectivity index (χ3v) is 4.67. The first-order valence-corrected chi connectivity index (χ1v) is 9.47. The van der Waals surface area contributed by atoms with Crippen molar-refractivity contribution < 1.29 is 14.0 Å². The van der Waals surface area contributed by atoms with Gasteiger partial charge in [-0.3, -0.25) is 9.59 Å². The summed E-state index contributed by atoms with van der Waals surface area (Å²) in [5.41, 5.74) is 1.27. The second kappa shape index (κ2) is 9.93. The van der Waals surface area contributed by atoms with E-state index in [4.69, 9.17) is 4.42 Å². The fraction of sp³-hybridized carbons (Fsp3) is 0.368. The lowest BCUT2D eigenvalue weighted by atomic mass is 10.0. The zero-order valence-corrected chi connectivity index (χ0v) is 15.3. The van der Waals surface area contributed by atoms with Gasteiger partial charge in [-0.15, -0.1) is 0 Å². The molecule has 0 saturated heterocycles. The van der Waals surface area contributed by atoms with E-state index in [2.05, 4.69) is 22.8 Å². The van der Waals surface area contributed by atoms with Crippen LogP contribution in [-0.4, -0.2) is 30.2 Å². The smallest absolute Gasteiger partial charge is 0.287 e. The summed E-state index contributed by atoms with van der Waals surface area (Å²) in [6.07, 6.45) is 1.43. The number of nitrogens with one attached hydrogen (secondary N) is 2. The van der Waals surface area contributed by atoms with Gasteiger partial charge in [0.15, 0.2) is 5.76 Å². The minimum Gasteiger partial charge on any atom is -0.459 e. The molecule has 0 fully saturated rings. The summed E-state index contributed by atoms with van der Waals surface area (Å²) in [5.74, 6) is 1.37. The van der Waals surface area contributed by atoms with Crippen LogP contribution >= 0.6 is 11.8 Å². The topological polar surface area (TPSA) is 71.3 Å². The number of hydrogen-bond acceptors (Lipinski definition) is 4. The highest BCUT2D eigenvalue weighted by Crippen LogP contribution is 2.11. The first-order valence-electron chi connectivity index (χ1n) is 8.31. The molecule has 0 spiro atoms. The van der Waals surface area contributed by atoms with Gasteiger partial charge in [-0.2, -0.15) is 11.8 Å². The van der Waals surface area contributed by atoms with Gasteiger partial charge in [-0.25, -0.2) is 0 Å². The largest absolute Gasteiger partial charge is 0.459 e. The summed E-state index contributed by atoms with van der Waals surface area (Å²) < 4.78 is 5.06. The van der Waals surface area contributed by atoms with Gasteiger partial charge in [0, 0.05) is 18.1 Å². The molecule has 1 atom stereocenters. The average Bonchev–Trinajstić information content (AvgIpc) is 3.14. The quantitative estimate of drug-likeness (QED) is 0.674. The van der Waals surface area contributed by atoms with Crippen LogP contribution < -0.4 is 10.6 Å². The van der Waals surface area contributed by atoms with E-state index in [1.54, 1.807) is 23.9 Å². The summed E-state index contributed by atoms with van der Waals surface area (Å²) in [6, 6.07) is 12.8. The van der Waals surface area contributed by atoms with Crippen molar-refractivity contribution >= 4 is 23.6 Å². The highest BCUT2D eigenvalue weighted by Gasteiger charge is 2.25. The number of hydrogen-bond donors (Lipinski definition) is 2. The molecule has 2 rings (SSSR count). The molecule has 2 N–H and O–H groups in total. The number of carbonyl (C=O) groups is 2. The molecule has 1 aromatic heterocycles. The lowest BCUT2D eigenvalue weighted by Crippen LogP contribution is -2.50. The van der Waals surface area contributed by atoms with Gasteiger partial charge in [0.2, 0.25) is 5.91 Å². The molecule has 6 heteroatoms. The maximum Gasteiger partial charge on any atom is 0.287 e. The van der Waals surface area contributed by atoms with Crippen molar-refractivity contribution in [2.45, 2.75) is 25.6 Å². The first-order chi connectivity index (χ1) is 12.1. The molecule has 5 nitrogen and oxygen atoms in total. The van der Waals surface area contributed by atoms with E-state index in [1.165, 1.54) is 11.8 Å². The summed E-state index contributed by atoms with van der Waals surface area (Å²) in [6.45, 7) is 4.36. The number of benzene rings is 1. The molecule has 2 amide bonds. The van der Waals surface area contributed by atoms with E-state index in [9.17, 15) is 9.59 Å². The highest BCUT2D eigenvalue weighted by molar-refractivity contribution is 7.98. The summed E-state index contributed by atoms with van der Waals surface area (Å²) in [4.78, 5) is 24.4. The molecule has 134 valence electrons. The predicted molar refractivity (Wildman–Crippen MR) is 100 cm³/mol. The van der Waals surface area contributed by atoms with Crippen LogP contribution in [0.2, 0.25) is 0 Å². The van der Waals surface area contributed by atoms with Crippen LogP contribution in [-0.2, 0) is 10.5 Å². The highest BCUT2D eigenvalue weighted by atomic mass is 32.2. The Morgan fingerprint density at radius 1 is 1.12 bits per heavy atom. The van der Waals surface area contributed by atoms with Crippen LogP contribution in [0.4, 0.5) is 0 Å². The lowest BCUT2D eigenvalue weighted by Gasteiger charge is -2.21. The standard InChI is InChI=1S/C19H24N2O3S/c1-14(2)17(21-18(22)16-9-6-11-24-16)19(23)20-10-12-25-13-15-7-4-3-5-8-15/h3-9,11,14,17H,10,12-13H2,1-2H3,(H,20,23)(H,21,22)/t17-/m0/s1. The van der Waals surface area contributed by atoms with Crippen molar-refractivity contribution in [3.63, 3.8) is 0 Å². The number of amides is 2. The zero-order chi connectivity index (χ0) is 18.1. The maximum absolute atomic E-state index is 12.4. The Labute approximate surface area is 152 Å². The van der Waals surface area contributed by atoms with Gasteiger partial charge in [-0.05, 0) is 23.6 Å². The molecule has 2 aromatic rings. The van der Waals surface area contributed by atoms with Gasteiger partial charge < -0.3 is 15.1 Å². The van der Waals surface area contributed by atoms with Crippen molar-refractivity contribution in [2.75, 3.05) is 12.3 Å². The van der Waals surface area contributed by atoms with Crippen molar-refractivity contribution in [3.8, 4) is 0 Å². The second-order valence-electron chi connectivity index (χ2n) is 6.00. The molecule has 0 saturated carbocycles. The molecule has 0 unspecified atom stereocenters. The maximum atomic E-state index is 12.4. The van der Waals surface area contributed by atoms with Crippen LogP contribution in [0.5, 0.6) is 0 Å². The number of rotatable bonds is 9. The Hall–Kier alpha value is -2.21. The van der Waals surface area contributed by atoms with Crippen molar-refractivity contribution in [2.24, 2.45) is 5.92 Å². The molecule has 0 bridgehead atoms. The van der Waals surface area contributed by atoms with E-state index in [-0.39, 0.29) is 23.5 Å². The molecule has 1 aromatic carbocycles. The van der Waals surface area contributed by atoms with Gasteiger partial charge in [0.25, 0.3) is 5.91 Å². The average molecular weight is 360 g/mol. The third kappa shape index (κ3) is 6.31. The molecule has 0 aliphatic carbocycles. The van der Waals surface area contributed by atoms with Crippen LogP contribution in [0.1, 0.15) is 30.0 Å². The van der Waals surface area contributed by atoms with Crippen LogP contribution in [0.25, 0.3) is 0 Å². The third-order valence-electron chi connectivity index (χ3n) is 3.64. The molecule has 0 aliphatic rings. The number of thioether (sulfide) groups is 1. The number of carbonyl (C=O) groups excluding carboxylic acids is 2. The fourth-order valence-electron chi connectivity index (χ4n) is 2.28. The fourth-order valence-corrected chi connectivity index (χ4v) is 3.09. The Bertz CT molecular complexity index is 657. The molecule has 25 heavy (non-hydrogen) atoms. The minimum absolute atomic E-state index is 0.0177. The van der Waals surface area contributed by atoms with Gasteiger partial charge in [-0.1, -0.05) is 44.2 Å². The summed E-state index contributed by atoms with van der Waals surface area (Å²) in [7, 11) is 0. The first kappa shape index (κ1) is 19.1. The molecule has 0 radical (unpaired) electrons. The van der Waals surface area contributed by atoms with Crippen molar-refractivity contribution in [1.82, 2.24) is 10.6 Å². The van der Waals surface area contributed by atoms with E-state index in [1.807, 2.05) is 32.0 Å². The van der Waals surface area contributed by atoms with Crippen LogP contribution in [0.15, 0.2) is 53.1 Å². The van der Waals surface area contributed by atoms with Crippen LogP contribution in [0, 0.1) is 5.92 Å². The molecular formula is C19H24N2O3S. The van der Waals surface area contributed by atoms with E-state index >= 15 is 0 Å². The second-order valence-corrected chi connectivity index (χ2v) is 7.11. The van der Waals surface area contributed by atoms with E-state index in [0.717, 1.165) is 11.5 Å². The molecular weight excluding hydrogens is 336 g/mol. The lowest BCUT2D eigenvalue weighted by molar-refractivity contribution is -0.123. The van der Waals surface area contributed by atoms with Gasteiger partial charge in [0.1, 0.15) is 6.04 Å². The Morgan fingerprint density at radius 3 is 2.52 bits per heavy atom. The molecule has 0 aliphatic heterocycles. The zero-order valence-electron chi connectivity index (χ0n) is 14.5. The van der Waals surface area contributed by atoms with E-state index < -0.39 is 6.04 Å². The SMILES string of the molecule is CC(C)[C@H](NC(=O)c1ccco1)C(=O)NCCSCc1ccccc1. The monoisotopic (exact) mass is 360 g/mol. The summed E-state index contributed by atoms with van der Waals surface area (Å²) in [5, 5.41) is 5.63. The Kier molecular flexibility index (Phi) is 7.60. The number of furan rings is 1. The van der Waals surface area contributed by atoms with Crippen LogP contribution in [0.3, 0.4) is 0 Å². The predicted octanol–water partition coefficient (Wildman–Crippen LogP) is 3.08. The van der Waals surface area contributed by atoms with E-state index in [0.29, 0.717) is 6.54 Å². The Balaban J connectivity index is 1.73. The van der Waals surface area contributed by atoms with Crippen molar-refractivity contribution in [1.29, 1.82) is 0 Å².